The quantitative estimate of drug-likeness (QED) is 0.889. The average molecular weight is 323 g/mol. The first-order chi connectivity index (χ1) is 10.1. The average Bonchev–Trinajstić information content (AvgIpc) is 3.23. The second-order valence-corrected chi connectivity index (χ2v) is 6.12. The second-order valence-electron chi connectivity index (χ2n) is 6.12. The maximum atomic E-state index is 12.2. The second kappa shape index (κ2) is 6.71. The first kappa shape index (κ1) is 16.8. The Morgan fingerprint density at radius 1 is 1.36 bits per heavy atom. The Balaban J connectivity index is 0.00000176. The minimum Gasteiger partial charge on any atom is -0.464 e. The van der Waals surface area contributed by atoms with Gasteiger partial charge in [0.05, 0.1) is 12.7 Å². The number of hydrogen-bond acceptors (Lipinski definition) is 3. The molecule has 1 amide bonds. The number of fused-ring (bicyclic) bond motifs is 1. The van der Waals surface area contributed by atoms with Gasteiger partial charge in [0.25, 0.3) is 0 Å². The van der Waals surface area contributed by atoms with Crippen LogP contribution in [-0.4, -0.2) is 18.5 Å². The lowest BCUT2D eigenvalue weighted by Crippen LogP contribution is -2.42. The molecule has 120 valence electrons. The highest BCUT2D eigenvalue weighted by atomic mass is 35.5. The van der Waals surface area contributed by atoms with E-state index >= 15 is 0 Å². The summed E-state index contributed by atoms with van der Waals surface area (Å²) in [6.07, 6.45) is 4.39. The van der Waals surface area contributed by atoms with Gasteiger partial charge in [-0.05, 0) is 55.9 Å². The molecule has 1 aliphatic rings. The van der Waals surface area contributed by atoms with Crippen LogP contribution < -0.4 is 11.1 Å². The maximum absolute atomic E-state index is 12.2. The number of carbonyl (C=O) groups is 1. The van der Waals surface area contributed by atoms with Gasteiger partial charge in [-0.15, -0.1) is 12.4 Å². The molecule has 1 unspecified atom stereocenters. The first-order valence-corrected chi connectivity index (χ1v) is 7.55. The van der Waals surface area contributed by atoms with Crippen molar-refractivity contribution in [1.82, 2.24) is 5.32 Å². The van der Waals surface area contributed by atoms with Crippen molar-refractivity contribution in [3.8, 4) is 0 Å². The summed E-state index contributed by atoms with van der Waals surface area (Å²) in [7, 11) is 0. The van der Waals surface area contributed by atoms with Gasteiger partial charge >= 0.3 is 0 Å². The highest BCUT2D eigenvalue weighted by Gasteiger charge is 2.31. The largest absolute Gasteiger partial charge is 0.464 e. The zero-order valence-corrected chi connectivity index (χ0v) is 13.8. The van der Waals surface area contributed by atoms with Crippen LogP contribution in [0.25, 0.3) is 11.0 Å². The number of halogens is 1. The number of hydrogen-bond donors (Lipinski definition) is 2. The van der Waals surface area contributed by atoms with Crippen molar-refractivity contribution in [3.05, 3.63) is 35.1 Å². The SMILES string of the molecule is Cc1cc2occ(CC(=O)NC(CN)C3CC3)c2cc1C.Cl. The van der Waals surface area contributed by atoms with Crippen LogP contribution in [0.3, 0.4) is 0 Å². The molecule has 3 rings (SSSR count). The van der Waals surface area contributed by atoms with E-state index in [4.69, 9.17) is 10.2 Å². The van der Waals surface area contributed by atoms with E-state index in [0.717, 1.165) is 16.5 Å². The van der Waals surface area contributed by atoms with E-state index in [1.807, 2.05) is 6.07 Å². The van der Waals surface area contributed by atoms with Gasteiger partial charge in [0.1, 0.15) is 5.58 Å². The van der Waals surface area contributed by atoms with Crippen LogP contribution in [0, 0.1) is 19.8 Å². The van der Waals surface area contributed by atoms with Gasteiger partial charge in [-0.25, -0.2) is 0 Å². The molecule has 0 bridgehead atoms. The van der Waals surface area contributed by atoms with Crippen LogP contribution in [0.1, 0.15) is 29.5 Å². The van der Waals surface area contributed by atoms with E-state index in [1.54, 1.807) is 6.26 Å². The lowest BCUT2D eigenvalue weighted by Gasteiger charge is -2.15. The Kier molecular flexibility index (Phi) is 5.14. The Hall–Kier alpha value is -1.52. The van der Waals surface area contributed by atoms with Crippen molar-refractivity contribution in [2.45, 2.75) is 39.2 Å². The summed E-state index contributed by atoms with van der Waals surface area (Å²) in [5.74, 6) is 0.600. The van der Waals surface area contributed by atoms with Crippen LogP contribution in [0.4, 0.5) is 0 Å². The molecule has 1 heterocycles. The molecule has 0 aliphatic heterocycles. The molecule has 0 spiro atoms. The van der Waals surface area contributed by atoms with E-state index in [1.165, 1.54) is 24.0 Å². The van der Waals surface area contributed by atoms with Crippen molar-refractivity contribution in [2.24, 2.45) is 11.7 Å². The molecular weight excluding hydrogens is 300 g/mol. The number of nitrogens with two attached hydrogens (primary N) is 1. The van der Waals surface area contributed by atoms with Crippen molar-refractivity contribution >= 4 is 29.3 Å². The fourth-order valence-electron chi connectivity index (χ4n) is 2.77. The van der Waals surface area contributed by atoms with Crippen LogP contribution >= 0.6 is 12.4 Å². The summed E-state index contributed by atoms with van der Waals surface area (Å²) in [5, 5.41) is 4.08. The summed E-state index contributed by atoms with van der Waals surface area (Å²) in [6.45, 7) is 4.65. The Morgan fingerprint density at radius 3 is 2.68 bits per heavy atom. The zero-order chi connectivity index (χ0) is 15.0. The van der Waals surface area contributed by atoms with Gasteiger partial charge in [0.2, 0.25) is 5.91 Å². The summed E-state index contributed by atoms with van der Waals surface area (Å²) in [6, 6.07) is 4.25. The van der Waals surface area contributed by atoms with Crippen molar-refractivity contribution in [1.29, 1.82) is 0 Å². The number of furan rings is 1. The minimum absolute atomic E-state index is 0. The third kappa shape index (κ3) is 3.45. The zero-order valence-electron chi connectivity index (χ0n) is 13.0. The molecule has 22 heavy (non-hydrogen) atoms. The van der Waals surface area contributed by atoms with Gasteiger partial charge in [-0.2, -0.15) is 0 Å². The maximum Gasteiger partial charge on any atom is 0.224 e. The Labute approximate surface area is 136 Å². The van der Waals surface area contributed by atoms with E-state index in [9.17, 15) is 4.79 Å². The normalized spacial score (nSPS) is 15.4. The molecule has 2 aromatic rings. The molecule has 1 aromatic heterocycles. The summed E-state index contributed by atoms with van der Waals surface area (Å²) in [5.41, 5.74) is 9.93. The number of nitrogens with one attached hydrogen (secondary N) is 1. The van der Waals surface area contributed by atoms with Gasteiger partial charge in [-0.1, -0.05) is 0 Å². The molecule has 0 saturated heterocycles. The molecule has 5 heteroatoms. The lowest BCUT2D eigenvalue weighted by atomic mass is 10.0. The molecule has 1 fully saturated rings. The lowest BCUT2D eigenvalue weighted by molar-refractivity contribution is -0.121. The highest BCUT2D eigenvalue weighted by Crippen LogP contribution is 2.32. The van der Waals surface area contributed by atoms with Gasteiger partial charge in [-0.3, -0.25) is 4.79 Å². The third-order valence-electron chi connectivity index (χ3n) is 4.41. The highest BCUT2D eigenvalue weighted by molar-refractivity contribution is 5.88. The Bertz CT molecular complexity index is 677. The summed E-state index contributed by atoms with van der Waals surface area (Å²) in [4.78, 5) is 12.2. The van der Waals surface area contributed by atoms with Crippen molar-refractivity contribution < 1.29 is 9.21 Å². The molecule has 3 N–H and O–H groups in total. The third-order valence-corrected chi connectivity index (χ3v) is 4.41. The molecule has 1 saturated carbocycles. The van der Waals surface area contributed by atoms with Gasteiger partial charge in [0.15, 0.2) is 0 Å². The number of aryl methyl sites for hydroxylation is 2. The van der Waals surface area contributed by atoms with E-state index in [2.05, 4.69) is 25.2 Å². The minimum atomic E-state index is 0. The standard InChI is InChI=1S/C17H22N2O2.ClH/c1-10-5-14-13(9-21-16(14)6-11(10)2)7-17(20)19-15(8-18)12-3-4-12;/h5-6,9,12,15H,3-4,7-8,18H2,1-2H3,(H,19,20);1H. The molecule has 1 aliphatic carbocycles. The monoisotopic (exact) mass is 322 g/mol. The molecule has 1 atom stereocenters. The number of amides is 1. The Morgan fingerprint density at radius 2 is 2.05 bits per heavy atom. The molecule has 0 radical (unpaired) electrons. The fourth-order valence-corrected chi connectivity index (χ4v) is 2.77. The van der Waals surface area contributed by atoms with Crippen LogP contribution in [0.5, 0.6) is 0 Å². The van der Waals surface area contributed by atoms with Crippen LogP contribution in [0.15, 0.2) is 22.8 Å². The first-order valence-electron chi connectivity index (χ1n) is 7.55. The summed E-state index contributed by atoms with van der Waals surface area (Å²) < 4.78 is 5.57. The van der Waals surface area contributed by atoms with Crippen molar-refractivity contribution in [2.75, 3.05) is 6.54 Å². The van der Waals surface area contributed by atoms with E-state index < -0.39 is 0 Å². The van der Waals surface area contributed by atoms with Crippen LogP contribution in [0.2, 0.25) is 0 Å². The topological polar surface area (TPSA) is 68.3 Å². The number of benzene rings is 1. The smallest absolute Gasteiger partial charge is 0.224 e. The molecule has 4 nitrogen and oxygen atoms in total. The fraction of sp³-hybridized carbons (Fsp3) is 0.471. The predicted octanol–water partition coefficient (Wildman–Crippen LogP) is 2.87. The van der Waals surface area contributed by atoms with Gasteiger partial charge < -0.3 is 15.5 Å². The van der Waals surface area contributed by atoms with Crippen molar-refractivity contribution in [3.63, 3.8) is 0 Å². The summed E-state index contributed by atoms with van der Waals surface area (Å²) >= 11 is 0. The predicted molar refractivity (Wildman–Crippen MR) is 90.3 cm³/mol. The van der Waals surface area contributed by atoms with Crippen LogP contribution in [-0.2, 0) is 11.2 Å². The van der Waals surface area contributed by atoms with Gasteiger partial charge in [0, 0.05) is 23.5 Å². The molecular formula is C17H23ClN2O2. The van der Waals surface area contributed by atoms with E-state index in [-0.39, 0.29) is 24.4 Å². The number of rotatable bonds is 5. The number of carbonyl (C=O) groups excluding carboxylic acids is 1. The molecule has 1 aromatic carbocycles. The van der Waals surface area contributed by atoms with E-state index in [0.29, 0.717) is 18.9 Å².